The molecular formula is C26H35N5O5S. The molecule has 6 N–H and O–H groups in total. The van der Waals surface area contributed by atoms with Gasteiger partial charge in [0.25, 0.3) is 0 Å². The van der Waals surface area contributed by atoms with Crippen molar-refractivity contribution in [2.75, 3.05) is 7.05 Å². The minimum Gasteiger partial charge on any atom is -0.481 e. The number of sulfonamides is 1. The smallest absolute Gasteiger partial charge is 0.306 e. The first kappa shape index (κ1) is 28.1. The molecule has 2 atom stereocenters. The molecule has 1 aliphatic rings. The third kappa shape index (κ3) is 7.30. The summed E-state index contributed by atoms with van der Waals surface area (Å²) in [5.74, 6) is 3.60. The third-order valence-electron chi connectivity index (χ3n) is 6.84. The van der Waals surface area contributed by atoms with Gasteiger partial charge in [0.2, 0.25) is 15.9 Å². The number of carbonyl (C=O) groups excluding carboxylic acids is 1. The van der Waals surface area contributed by atoms with E-state index in [2.05, 4.69) is 9.82 Å². The maximum atomic E-state index is 13.5. The zero-order valence-corrected chi connectivity index (χ0v) is 21.9. The standard InChI is InChI=1S/C26H35N5O5S/c1-17(26(33)34)15-18-9-13-22(14-10-18)37(35,36)30-23(25(32)31(2)21-5-3-4-6-21)16-19-7-11-20(12-8-19)24(27)29-28/h7-14,17,21,23,30H,3-6,15-16,28H2,1-2H3,(H2,27,29)(H,33,34)/t17-,23?/m0/s1. The van der Waals surface area contributed by atoms with Crippen molar-refractivity contribution in [3.05, 3.63) is 65.2 Å². The van der Waals surface area contributed by atoms with Crippen LogP contribution in [0.3, 0.4) is 0 Å². The lowest BCUT2D eigenvalue weighted by Crippen LogP contribution is -2.50. The lowest BCUT2D eigenvalue weighted by atomic mass is 10.0. The molecule has 3 rings (SSSR count). The fourth-order valence-corrected chi connectivity index (χ4v) is 5.71. The van der Waals surface area contributed by atoms with Crippen LogP contribution in [-0.4, -0.2) is 55.3 Å². The molecule has 200 valence electrons. The van der Waals surface area contributed by atoms with Gasteiger partial charge in [0.1, 0.15) is 11.9 Å². The summed E-state index contributed by atoms with van der Waals surface area (Å²) in [5, 5.41) is 12.6. The largest absolute Gasteiger partial charge is 0.481 e. The minimum absolute atomic E-state index is 0.00262. The van der Waals surface area contributed by atoms with Crippen molar-refractivity contribution in [2.45, 2.75) is 62.4 Å². The number of benzene rings is 2. The molecule has 1 aliphatic carbocycles. The van der Waals surface area contributed by atoms with E-state index in [9.17, 15) is 18.0 Å². The summed E-state index contributed by atoms with van der Waals surface area (Å²) in [7, 11) is -2.32. The number of nitrogens with zero attached hydrogens (tertiary/aromatic N) is 2. The molecule has 1 amide bonds. The van der Waals surface area contributed by atoms with Gasteiger partial charge in [-0.25, -0.2) is 8.42 Å². The normalized spacial score (nSPS) is 16.3. The topological polar surface area (TPSA) is 168 Å². The van der Waals surface area contributed by atoms with Crippen LogP contribution < -0.4 is 16.3 Å². The molecule has 0 heterocycles. The predicted molar refractivity (Wildman–Crippen MR) is 141 cm³/mol. The monoisotopic (exact) mass is 529 g/mol. The van der Waals surface area contributed by atoms with Gasteiger partial charge in [0.05, 0.1) is 10.8 Å². The van der Waals surface area contributed by atoms with Gasteiger partial charge in [-0.3, -0.25) is 9.59 Å². The average molecular weight is 530 g/mol. The molecule has 0 spiro atoms. The Kier molecular flexibility index (Phi) is 9.28. The number of carboxylic acid groups (broad SMARTS) is 1. The molecule has 1 fully saturated rings. The molecule has 1 saturated carbocycles. The van der Waals surface area contributed by atoms with E-state index in [1.165, 1.54) is 12.1 Å². The Balaban J connectivity index is 1.83. The highest BCUT2D eigenvalue weighted by Crippen LogP contribution is 2.24. The van der Waals surface area contributed by atoms with Crippen LogP contribution in [0.15, 0.2) is 58.5 Å². The number of amides is 1. The number of hydrogen-bond donors (Lipinski definition) is 4. The van der Waals surface area contributed by atoms with Crippen LogP contribution in [-0.2, 0) is 32.5 Å². The number of amidine groups is 1. The predicted octanol–water partition coefficient (Wildman–Crippen LogP) is 1.82. The summed E-state index contributed by atoms with van der Waals surface area (Å²) < 4.78 is 29.2. The number of hydrogen-bond acceptors (Lipinski definition) is 6. The Morgan fingerprint density at radius 3 is 2.14 bits per heavy atom. The molecule has 10 nitrogen and oxygen atoms in total. The van der Waals surface area contributed by atoms with E-state index in [1.807, 2.05) is 0 Å². The first-order chi connectivity index (χ1) is 17.5. The number of carboxylic acids is 1. The average Bonchev–Trinajstić information content (AvgIpc) is 3.42. The molecule has 0 bridgehead atoms. The number of rotatable bonds is 11. The number of nitrogens with one attached hydrogen (secondary N) is 1. The fraction of sp³-hybridized carbons (Fsp3) is 0.423. The summed E-state index contributed by atoms with van der Waals surface area (Å²) in [5.41, 5.74) is 7.82. The fourth-order valence-electron chi connectivity index (χ4n) is 4.52. The summed E-state index contributed by atoms with van der Waals surface area (Å²) in [6.45, 7) is 1.59. The highest BCUT2D eigenvalue weighted by atomic mass is 32.2. The van der Waals surface area contributed by atoms with Gasteiger partial charge in [0.15, 0.2) is 0 Å². The molecular weight excluding hydrogens is 494 g/mol. The van der Waals surface area contributed by atoms with E-state index in [1.54, 1.807) is 55.3 Å². The Labute approximate surface area is 217 Å². The maximum Gasteiger partial charge on any atom is 0.306 e. The van der Waals surface area contributed by atoms with Crippen molar-refractivity contribution in [3.8, 4) is 0 Å². The van der Waals surface area contributed by atoms with Crippen LogP contribution in [0.1, 0.15) is 49.3 Å². The van der Waals surface area contributed by atoms with Gasteiger partial charge in [-0.15, -0.1) is 0 Å². The van der Waals surface area contributed by atoms with Crippen molar-refractivity contribution in [3.63, 3.8) is 0 Å². The molecule has 2 aromatic carbocycles. The van der Waals surface area contributed by atoms with Gasteiger partial charge in [-0.05, 0) is 48.9 Å². The third-order valence-corrected chi connectivity index (χ3v) is 8.33. The van der Waals surface area contributed by atoms with Crippen LogP contribution in [0.25, 0.3) is 0 Å². The van der Waals surface area contributed by atoms with E-state index in [-0.39, 0.29) is 35.5 Å². The molecule has 0 radical (unpaired) electrons. The Morgan fingerprint density at radius 1 is 1.05 bits per heavy atom. The molecule has 0 saturated heterocycles. The first-order valence-corrected chi connectivity index (χ1v) is 13.7. The number of aliphatic carboxylic acids is 1. The van der Waals surface area contributed by atoms with Gasteiger partial charge >= 0.3 is 5.97 Å². The zero-order chi connectivity index (χ0) is 27.2. The second kappa shape index (κ2) is 12.2. The van der Waals surface area contributed by atoms with Crippen molar-refractivity contribution >= 4 is 27.7 Å². The van der Waals surface area contributed by atoms with Crippen molar-refractivity contribution in [1.82, 2.24) is 9.62 Å². The second-order valence-electron chi connectivity index (χ2n) is 9.56. The lowest BCUT2D eigenvalue weighted by Gasteiger charge is -2.29. The van der Waals surface area contributed by atoms with Crippen molar-refractivity contribution in [2.24, 2.45) is 22.6 Å². The van der Waals surface area contributed by atoms with Crippen LogP contribution >= 0.6 is 0 Å². The lowest BCUT2D eigenvalue weighted by molar-refractivity contribution is -0.141. The van der Waals surface area contributed by atoms with Gasteiger partial charge in [0, 0.05) is 18.7 Å². The van der Waals surface area contributed by atoms with E-state index in [0.29, 0.717) is 11.1 Å². The molecule has 0 aromatic heterocycles. The van der Waals surface area contributed by atoms with Crippen molar-refractivity contribution < 1.29 is 23.1 Å². The van der Waals surface area contributed by atoms with E-state index >= 15 is 0 Å². The summed E-state index contributed by atoms with van der Waals surface area (Å²) >= 11 is 0. The van der Waals surface area contributed by atoms with E-state index < -0.39 is 28.0 Å². The van der Waals surface area contributed by atoms with Crippen LogP contribution in [0.5, 0.6) is 0 Å². The Morgan fingerprint density at radius 2 is 1.59 bits per heavy atom. The van der Waals surface area contributed by atoms with Crippen LogP contribution in [0.2, 0.25) is 0 Å². The van der Waals surface area contributed by atoms with Crippen molar-refractivity contribution in [1.29, 1.82) is 0 Å². The summed E-state index contributed by atoms with van der Waals surface area (Å²) in [6.07, 6.45) is 4.29. The highest BCUT2D eigenvalue weighted by Gasteiger charge is 2.32. The number of carbonyl (C=O) groups is 2. The number of likely N-dealkylation sites (N-methyl/N-ethyl adjacent to an activating group) is 1. The van der Waals surface area contributed by atoms with Gasteiger partial charge in [-0.1, -0.05) is 56.2 Å². The maximum absolute atomic E-state index is 13.5. The molecule has 37 heavy (non-hydrogen) atoms. The van der Waals surface area contributed by atoms with E-state index in [0.717, 1.165) is 31.2 Å². The number of nitrogens with two attached hydrogens (primary N) is 2. The second-order valence-corrected chi connectivity index (χ2v) is 11.3. The summed E-state index contributed by atoms with van der Waals surface area (Å²) in [4.78, 5) is 26.3. The van der Waals surface area contributed by atoms with Crippen LogP contribution in [0.4, 0.5) is 0 Å². The Hall–Kier alpha value is -3.44. The quantitative estimate of drug-likeness (QED) is 0.149. The first-order valence-electron chi connectivity index (χ1n) is 12.2. The Bertz CT molecular complexity index is 1220. The molecule has 1 unspecified atom stereocenters. The van der Waals surface area contributed by atoms with E-state index in [4.69, 9.17) is 16.7 Å². The van der Waals surface area contributed by atoms with Gasteiger partial charge in [-0.2, -0.15) is 9.82 Å². The van der Waals surface area contributed by atoms with Gasteiger partial charge < -0.3 is 21.6 Å². The molecule has 0 aliphatic heterocycles. The van der Waals surface area contributed by atoms with Crippen LogP contribution in [0, 0.1) is 5.92 Å². The minimum atomic E-state index is -4.04. The summed E-state index contributed by atoms with van der Waals surface area (Å²) in [6, 6.07) is 12.1. The number of hydrazone groups is 1. The SMILES string of the molecule is C[C@@H](Cc1ccc(S(=O)(=O)NC(Cc2ccc(/C(N)=N/N)cc2)C(=O)N(C)C2CCCC2)cc1)C(=O)O. The molecule has 2 aromatic rings. The zero-order valence-electron chi connectivity index (χ0n) is 21.1. The molecule has 11 heteroatoms. The highest BCUT2D eigenvalue weighted by molar-refractivity contribution is 7.89.